The fourth-order valence-corrected chi connectivity index (χ4v) is 2.97. The van der Waals surface area contributed by atoms with E-state index in [1.165, 1.54) is 12.8 Å². The minimum absolute atomic E-state index is 0.0902. The van der Waals surface area contributed by atoms with Crippen LogP contribution in [0.4, 0.5) is 0 Å². The summed E-state index contributed by atoms with van der Waals surface area (Å²) >= 11 is 0. The molecule has 2 amide bonds. The third-order valence-corrected chi connectivity index (χ3v) is 4.84. The molecule has 1 aromatic rings. The highest BCUT2D eigenvalue weighted by molar-refractivity contribution is 5.94. The van der Waals surface area contributed by atoms with Crippen molar-refractivity contribution in [1.29, 1.82) is 0 Å². The molecule has 5 nitrogen and oxygen atoms in total. The fourth-order valence-electron chi connectivity index (χ4n) is 2.97. The van der Waals surface area contributed by atoms with Gasteiger partial charge in [-0.1, -0.05) is 19.1 Å². The number of piperidine rings is 1. The van der Waals surface area contributed by atoms with Crippen LogP contribution in [0.5, 0.6) is 0 Å². The molecule has 0 aliphatic carbocycles. The van der Waals surface area contributed by atoms with E-state index in [1.54, 1.807) is 31.3 Å². The Bertz CT molecular complexity index is 602. The highest BCUT2D eigenvalue weighted by atomic mass is 16.2. The second kappa shape index (κ2) is 9.37. The molecule has 1 atom stereocenters. The van der Waals surface area contributed by atoms with E-state index in [4.69, 9.17) is 0 Å². The third-order valence-electron chi connectivity index (χ3n) is 4.84. The van der Waals surface area contributed by atoms with Crippen LogP contribution in [-0.2, 0) is 4.79 Å². The van der Waals surface area contributed by atoms with Gasteiger partial charge in [0.1, 0.15) is 0 Å². The fraction of sp³-hybridized carbons (Fsp3) is 0.500. The second-order valence-electron chi connectivity index (χ2n) is 6.85. The molecule has 0 bridgehead atoms. The molecule has 25 heavy (non-hydrogen) atoms. The summed E-state index contributed by atoms with van der Waals surface area (Å²) in [5.74, 6) is 0.609. The normalized spacial score (nSPS) is 17.4. The van der Waals surface area contributed by atoms with Crippen molar-refractivity contribution in [2.24, 2.45) is 5.92 Å². The summed E-state index contributed by atoms with van der Waals surface area (Å²) in [6.07, 6.45) is 5.78. The predicted molar refractivity (Wildman–Crippen MR) is 101 cm³/mol. The van der Waals surface area contributed by atoms with Gasteiger partial charge in [0.25, 0.3) is 5.91 Å². The number of carbonyl (C=O) groups excluding carboxylic acids is 2. The van der Waals surface area contributed by atoms with Crippen molar-refractivity contribution in [2.75, 3.05) is 26.7 Å². The Morgan fingerprint density at radius 1 is 1.24 bits per heavy atom. The van der Waals surface area contributed by atoms with Gasteiger partial charge in [-0.15, -0.1) is 0 Å². The molecule has 0 spiro atoms. The van der Waals surface area contributed by atoms with Crippen LogP contribution >= 0.6 is 0 Å². The van der Waals surface area contributed by atoms with Gasteiger partial charge in [-0.25, -0.2) is 0 Å². The first-order valence-electron chi connectivity index (χ1n) is 9.01. The monoisotopic (exact) mass is 343 g/mol. The minimum Gasteiger partial charge on any atom is -0.355 e. The average Bonchev–Trinajstić information content (AvgIpc) is 2.64. The lowest BCUT2D eigenvalue weighted by atomic mass is 9.98. The van der Waals surface area contributed by atoms with Crippen LogP contribution in [0.15, 0.2) is 30.3 Å². The average molecular weight is 343 g/mol. The molecule has 1 aliphatic heterocycles. The van der Waals surface area contributed by atoms with Crippen LogP contribution in [0, 0.1) is 5.92 Å². The number of carbonyl (C=O) groups is 2. The lowest BCUT2D eigenvalue weighted by Gasteiger charge is -2.34. The van der Waals surface area contributed by atoms with Crippen LogP contribution in [0.3, 0.4) is 0 Å². The number of nitrogens with one attached hydrogen (secondary N) is 2. The van der Waals surface area contributed by atoms with Crippen molar-refractivity contribution in [3.05, 3.63) is 41.5 Å². The molecule has 0 saturated carbocycles. The molecule has 1 fully saturated rings. The van der Waals surface area contributed by atoms with E-state index in [2.05, 4.69) is 29.4 Å². The Morgan fingerprint density at radius 2 is 1.88 bits per heavy atom. The molecule has 5 heteroatoms. The van der Waals surface area contributed by atoms with Gasteiger partial charge in [0.2, 0.25) is 5.91 Å². The number of hydrogen-bond acceptors (Lipinski definition) is 3. The van der Waals surface area contributed by atoms with Crippen LogP contribution in [0.25, 0.3) is 6.08 Å². The van der Waals surface area contributed by atoms with Gasteiger partial charge in [0.15, 0.2) is 0 Å². The quantitative estimate of drug-likeness (QED) is 0.779. The van der Waals surface area contributed by atoms with E-state index in [0.717, 1.165) is 24.6 Å². The Labute approximate surface area is 150 Å². The standard InChI is InChI=1S/C20H29N3O2/c1-15-10-12-23(13-11-15)16(2)14-22-19(24)9-6-17-4-7-18(8-5-17)20(25)21-3/h4-9,15-16H,10-14H2,1-3H3,(H,21,25)(H,22,24)/b9-6+/t16-/m1/s1. The zero-order chi connectivity index (χ0) is 18.2. The lowest BCUT2D eigenvalue weighted by molar-refractivity contribution is -0.116. The molecule has 0 unspecified atom stereocenters. The van der Waals surface area contributed by atoms with E-state index < -0.39 is 0 Å². The van der Waals surface area contributed by atoms with E-state index >= 15 is 0 Å². The van der Waals surface area contributed by atoms with Gasteiger partial charge in [0.05, 0.1) is 0 Å². The largest absolute Gasteiger partial charge is 0.355 e. The number of nitrogens with zero attached hydrogens (tertiary/aromatic N) is 1. The Morgan fingerprint density at radius 3 is 2.48 bits per heavy atom. The zero-order valence-electron chi connectivity index (χ0n) is 15.4. The van der Waals surface area contributed by atoms with Gasteiger partial charge in [0, 0.05) is 31.3 Å². The summed E-state index contributed by atoms with van der Waals surface area (Å²) in [4.78, 5) is 25.9. The van der Waals surface area contributed by atoms with Crippen LogP contribution in [0.2, 0.25) is 0 Å². The van der Waals surface area contributed by atoms with Gasteiger partial charge >= 0.3 is 0 Å². The first-order chi connectivity index (χ1) is 12.0. The van der Waals surface area contributed by atoms with Crippen LogP contribution in [-0.4, -0.2) is 49.4 Å². The Hall–Kier alpha value is -2.14. The highest BCUT2D eigenvalue weighted by Gasteiger charge is 2.20. The smallest absolute Gasteiger partial charge is 0.251 e. The van der Waals surface area contributed by atoms with Crippen molar-refractivity contribution in [3.63, 3.8) is 0 Å². The minimum atomic E-state index is -0.116. The molecule has 0 radical (unpaired) electrons. The molecule has 1 heterocycles. The molecular formula is C20H29N3O2. The third kappa shape index (κ3) is 6.02. The summed E-state index contributed by atoms with van der Waals surface area (Å²) < 4.78 is 0. The number of rotatable bonds is 6. The molecule has 2 rings (SSSR count). The van der Waals surface area contributed by atoms with E-state index in [0.29, 0.717) is 18.2 Å². The molecule has 0 aromatic heterocycles. The molecule has 2 N–H and O–H groups in total. The molecule has 1 aliphatic rings. The van der Waals surface area contributed by atoms with E-state index in [9.17, 15) is 9.59 Å². The number of likely N-dealkylation sites (tertiary alicyclic amines) is 1. The zero-order valence-corrected chi connectivity index (χ0v) is 15.4. The summed E-state index contributed by atoms with van der Waals surface area (Å²) in [5, 5.41) is 5.55. The van der Waals surface area contributed by atoms with Crippen LogP contribution in [0.1, 0.15) is 42.6 Å². The maximum absolute atomic E-state index is 12.0. The predicted octanol–water partition coefficient (Wildman–Crippen LogP) is 2.30. The molecule has 1 saturated heterocycles. The first kappa shape index (κ1) is 19.2. The molecule has 136 valence electrons. The van der Waals surface area contributed by atoms with Crippen molar-refractivity contribution < 1.29 is 9.59 Å². The van der Waals surface area contributed by atoms with Crippen LogP contribution < -0.4 is 10.6 Å². The van der Waals surface area contributed by atoms with Gasteiger partial charge in [-0.2, -0.15) is 0 Å². The Balaban J connectivity index is 1.77. The van der Waals surface area contributed by atoms with Crippen molar-refractivity contribution in [3.8, 4) is 0 Å². The van der Waals surface area contributed by atoms with E-state index in [1.807, 2.05) is 12.1 Å². The van der Waals surface area contributed by atoms with Gasteiger partial charge in [-0.3, -0.25) is 14.5 Å². The Kier molecular flexibility index (Phi) is 7.19. The number of benzene rings is 1. The maximum Gasteiger partial charge on any atom is 0.251 e. The molecule has 1 aromatic carbocycles. The van der Waals surface area contributed by atoms with Gasteiger partial charge < -0.3 is 10.6 Å². The molecular weight excluding hydrogens is 314 g/mol. The summed E-state index contributed by atoms with van der Waals surface area (Å²) in [6, 6.07) is 7.50. The number of hydrogen-bond donors (Lipinski definition) is 2. The highest BCUT2D eigenvalue weighted by Crippen LogP contribution is 2.17. The van der Waals surface area contributed by atoms with Gasteiger partial charge in [-0.05, 0) is 62.5 Å². The second-order valence-corrected chi connectivity index (χ2v) is 6.85. The number of amides is 2. The summed E-state index contributed by atoms with van der Waals surface area (Å²) in [6.45, 7) is 7.36. The maximum atomic E-state index is 12.0. The van der Waals surface area contributed by atoms with Crippen molar-refractivity contribution in [1.82, 2.24) is 15.5 Å². The van der Waals surface area contributed by atoms with Crippen molar-refractivity contribution in [2.45, 2.75) is 32.7 Å². The summed E-state index contributed by atoms with van der Waals surface area (Å²) in [7, 11) is 1.60. The van der Waals surface area contributed by atoms with Crippen molar-refractivity contribution >= 4 is 17.9 Å². The first-order valence-corrected chi connectivity index (χ1v) is 9.01. The SMILES string of the molecule is CNC(=O)c1ccc(/C=C/C(=O)NC[C@@H](C)N2CCC(C)CC2)cc1. The summed E-state index contributed by atoms with van der Waals surface area (Å²) in [5.41, 5.74) is 1.50. The van der Waals surface area contributed by atoms with E-state index in [-0.39, 0.29) is 11.8 Å². The lowest BCUT2D eigenvalue weighted by Crippen LogP contribution is -2.45. The topological polar surface area (TPSA) is 61.4 Å².